The average Bonchev–Trinajstić information content (AvgIpc) is 2.25. The Bertz CT molecular complexity index is 171. The van der Waals surface area contributed by atoms with Crippen molar-refractivity contribution in [2.75, 3.05) is 33.8 Å². The Balaban J connectivity index is 3.54. The molecule has 0 heterocycles. The molecule has 0 aliphatic carbocycles. The number of hydrogen-bond donors (Lipinski definition) is 1. The van der Waals surface area contributed by atoms with Crippen molar-refractivity contribution in [1.82, 2.24) is 14.7 Å². The predicted octanol–water partition coefficient (Wildman–Crippen LogP) is 0.542. The van der Waals surface area contributed by atoms with Crippen LogP contribution in [-0.2, 0) is 8.98 Å². The van der Waals surface area contributed by atoms with Crippen LogP contribution in [0.3, 0.4) is 0 Å². The third-order valence-electron chi connectivity index (χ3n) is 1.87. The summed E-state index contributed by atoms with van der Waals surface area (Å²) in [6.45, 7) is 6.07. The van der Waals surface area contributed by atoms with E-state index >= 15 is 0 Å². The molecule has 0 aliphatic heterocycles. The van der Waals surface area contributed by atoms with Crippen LogP contribution in [0, 0.1) is 0 Å². The second-order valence-corrected chi connectivity index (χ2v) is 4.12. The highest BCUT2D eigenvalue weighted by molar-refractivity contribution is 7.92. The fraction of sp³-hybridized carbons (Fsp3) is 0.889. The Labute approximate surface area is 96.4 Å². The number of nitrogens with zero attached hydrogens (tertiary/aromatic N) is 2. The number of aldehydes is 1. The zero-order valence-electron chi connectivity index (χ0n) is 9.90. The first-order valence-electron chi connectivity index (χ1n) is 5.04. The molecule has 0 aromatic heterocycles. The number of likely N-dealkylation sites (N-methyl/N-ethyl adjacent to an activating group) is 1. The molecule has 0 amide bonds. The molecule has 0 aliphatic rings. The lowest BCUT2D eigenvalue weighted by atomic mass is 10.4. The zero-order valence-corrected chi connectivity index (χ0v) is 10.7. The molecule has 0 saturated carbocycles. The Morgan fingerprint density at radius 2 is 2.20 bits per heavy atom. The van der Waals surface area contributed by atoms with Crippen molar-refractivity contribution in [3.8, 4) is 0 Å². The molecule has 0 spiro atoms. The maximum atomic E-state index is 10.3. The van der Waals surface area contributed by atoms with Crippen LogP contribution in [0.1, 0.15) is 13.8 Å². The van der Waals surface area contributed by atoms with Crippen molar-refractivity contribution in [2.45, 2.75) is 19.9 Å². The highest BCUT2D eigenvalue weighted by atomic mass is 32.2. The van der Waals surface area contributed by atoms with E-state index in [1.54, 1.807) is 0 Å². The molecule has 0 aromatic rings. The molecule has 0 fully saturated rings. The Kier molecular flexibility index (Phi) is 9.03. The Morgan fingerprint density at radius 3 is 2.73 bits per heavy atom. The first kappa shape index (κ1) is 14.9. The molecule has 0 aromatic carbocycles. The van der Waals surface area contributed by atoms with Gasteiger partial charge in [0.1, 0.15) is 6.29 Å². The van der Waals surface area contributed by atoms with Crippen molar-refractivity contribution in [3.63, 3.8) is 0 Å². The molecule has 0 radical (unpaired) electrons. The van der Waals surface area contributed by atoms with Gasteiger partial charge in [-0.1, -0.05) is 0 Å². The summed E-state index contributed by atoms with van der Waals surface area (Å²) in [5.41, 5.74) is 0. The summed E-state index contributed by atoms with van der Waals surface area (Å²) in [5, 5.41) is 5.11. The van der Waals surface area contributed by atoms with E-state index in [1.807, 2.05) is 37.4 Å². The highest BCUT2D eigenvalue weighted by Gasteiger charge is 2.07. The molecule has 0 saturated heterocycles. The summed E-state index contributed by atoms with van der Waals surface area (Å²) in [6.07, 6.45) is 0.901. The van der Waals surface area contributed by atoms with Gasteiger partial charge in [0, 0.05) is 27.2 Å². The Morgan fingerprint density at radius 1 is 1.53 bits per heavy atom. The summed E-state index contributed by atoms with van der Waals surface area (Å²) in [4.78, 5) is 10.3. The maximum absolute atomic E-state index is 10.3. The monoisotopic (exact) mass is 235 g/mol. The van der Waals surface area contributed by atoms with Crippen LogP contribution in [0.25, 0.3) is 0 Å². The minimum atomic E-state index is -0.0803. The van der Waals surface area contributed by atoms with Gasteiger partial charge in [-0.2, -0.15) is 4.41 Å². The number of carbonyl (C=O) groups excluding carboxylic acids is 1. The van der Waals surface area contributed by atoms with Crippen molar-refractivity contribution in [3.05, 3.63) is 0 Å². The van der Waals surface area contributed by atoms with Crippen molar-refractivity contribution < 1.29 is 8.98 Å². The van der Waals surface area contributed by atoms with Crippen LogP contribution in [-0.4, -0.2) is 55.5 Å². The average molecular weight is 235 g/mol. The molecular weight excluding hydrogens is 214 g/mol. The number of rotatable bonds is 9. The maximum Gasteiger partial charge on any atom is 0.136 e. The topological polar surface area (TPSA) is 44.8 Å². The van der Waals surface area contributed by atoms with Gasteiger partial charge < -0.3 is 14.3 Å². The molecule has 1 N–H and O–H groups in total. The van der Waals surface area contributed by atoms with Crippen LogP contribution in [0.15, 0.2) is 0 Å². The fourth-order valence-electron chi connectivity index (χ4n) is 0.829. The van der Waals surface area contributed by atoms with E-state index < -0.39 is 0 Å². The van der Waals surface area contributed by atoms with Gasteiger partial charge in [0.25, 0.3) is 0 Å². The lowest BCUT2D eigenvalue weighted by Gasteiger charge is -2.26. The lowest BCUT2D eigenvalue weighted by molar-refractivity contribution is -0.109. The normalized spacial score (nSPS) is 13.5. The van der Waals surface area contributed by atoms with Crippen molar-refractivity contribution >= 4 is 18.5 Å². The van der Waals surface area contributed by atoms with E-state index in [0.717, 1.165) is 19.4 Å². The fourth-order valence-corrected chi connectivity index (χ4v) is 1.28. The van der Waals surface area contributed by atoms with Crippen molar-refractivity contribution in [2.24, 2.45) is 0 Å². The van der Waals surface area contributed by atoms with Crippen LogP contribution in [0.4, 0.5) is 0 Å². The van der Waals surface area contributed by atoms with Crippen molar-refractivity contribution in [1.29, 1.82) is 0 Å². The molecular formula is C9H21N3O2S. The van der Waals surface area contributed by atoms with Gasteiger partial charge in [-0.05, 0) is 13.8 Å². The molecule has 1 atom stereocenters. The highest BCUT2D eigenvalue weighted by Crippen LogP contribution is 2.09. The number of hydrazine groups is 1. The first-order valence-corrected chi connectivity index (χ1v) is 5.74. The molecule has 15 heavy (non-hydrogen) atoms. The third kappa shape index (κ3) is 7.75. The summed E-state index contributed by atoms with van der Waals surface area (Å²) in [6, 6.07) is -0.0803. The minimum Gasteiger partial charge on any atom is -0.307 e. The quantitative estimate of drug-likeness (QED) is 0.272. The van der Waals surface area contributed by atoms with E-state index in [0.29, 0.717) is 6.61 Å². The Hall–Kier alpha value is -0.140. The molecule has 0 rings (SSSR count). The van der Waals surface area contributed by atoms with E-state index in [2.05, 4.69) is 5.32 Å². The van der Waals surface area contributed by atoms with Gasteiger partial charge in [-0.25, -0.2) is 5.01 Å². The first-order chi connectivity index (χ1) is 7.11. The molecule has 5 nitrogen and oxygen atoms in total. The second-order valence-electron chi connectivity index (χ2n) is 3.21. The summed E-state index contributed by atoms with van der Waals surface area (Å²) in [7, 11) is 3.91. The van der Waals surface area contributed by atoms with Crippen LogP contribution in [0.5, 0.6) is 0 Å². The zero-order chi connectivity index (χ0) is 11.7. The number of carbonyl (C=O) groups is 1. The SMILES string of the molecule is CCOSN(C)N(C)CCNC(C)C=O. The second kappa shape index (κ2) is 9.11. The van der Waals surface area contributed by atoms with E-state index in [9.17, 15) is 4.79 Å². The van der Waals surface area contributed by atoms with Crippen LogP contribution < -0.4 is 5.32 Å². The largest absolute Gasteiger partial charge is 0.307 e. The summed E-state index contributed by atoms with van der Waals surface area (Å²) in [5.74, 6) is 0. The molecule has 1 unspecified atom stereocenters. The standard InChI is InChI=1S/C9H21N3O2S/c1-5-14-15-12(4)11(3)7-6-10-9(2)8-13/h8-10H,5-7H2,1-4H3. The minimum absolute atomic E-state index is 0.0803. The van der Waals surface area contributed by atoms with E-state index in [-0.39, 0.29) is 6.04 Å². The number of nitrogens with one attached hydrogen (secondary N) is 1. The van der Waals surface area contributed by atoms with E-state index in [1.165, 1.54) is 12.2 Å². The van der Waals surface area contributed by atoms with Crippen LogP contribution in [0.2, 0.25) is 0 Å². The van der Waals surface area contributed by atoms with Gasteiger partial charge in [-0.15, -0.1) is 0 Å². The predicted molar refractivity (Wildman–Crippen MR) is 63.1 cm³/mol. The summed E-state index contributed by atoms with van der Waals surface area (Å²) < 4.78 is 7.10. The lowest BCUT2D eigenvalue weighted by Crippen LogP contribution is -2.39. The summed E-state index contributed by atoms with van der Waals surface area (Å²) >= 11 is 1.31. The molecule has 0 bridgehead atoms. The number of hydrogen-bond acceptors (Lipinski definition) is 6. The van der Waals surface area contributed by atoms with Crippen LogP contribution >= 0.6 is 12.2 Å². The van der Waals surface area contributed by atoms with Gasteiger partial charge in [-0.3, -0.25) is 0 Å². The van der Waals surface area contributed by atoms with E-state index in [4.69, 9.17) is 4.18 Å². The smallest absolute Gasteiger partial charge is 0.136 e. The van der Waals surface area contributed by atoms with Gasteiger partial charge >= 0.3 is 0 Å². The third-order valence-corrected chi connectivity index (χ3v) is 2.70. The van der Waals surface area contributed by atoms with Gasteiger partial charge in [0.2, 0.25) is 0 Å². The molecule has 6 heteroatoms. The van der Waals surface area contributed by atoms with Gasteiger partial charge in [0.05, 0.1) is 24.9 Å². The molecule has 90 valence electrons. The van der Waals surface area contributed by atoms with Gasteiger partial charge in [0.15, 0.2) is 0 Å².